The van der Waals surface area contributed by atoms with Gasteiger partial charge in [0.05, 0.1) is 12.1 Å². The van der Waals surface area contributed by atoms with Crippen molar-refractivity contribution in [3.63, 3.8) is 0 Å². The van der Waals surface area contributed by atoms with Gasteiger partial charge in [0.2, 0.25) is 11.8 Å². The molecule has 4 N–H and O–H groups in total. The molecule has 2 amide bonds. The molecule has 1 spiro atoms. The van der Waals surface area contributed by atoms with Crippen LogP contribution in [0.15, 0.2) is 53.6 Å². The number of carbonyl (C=O) groups is 2. The number of amides is 2. The number of carbonyl (C=O) groups excluding carboxylic acids is 2. The summed E-state index contributed by atoms with van der Waals surface area (Å²) in [6.07, 6.45) is 5.88. The van der Waals surface area contributed by atoms with Crippen LogP contribution in [0.1, 0.15) is 45.6 Å². The first-order valence-electron chi connectivity index (χ1n) is 12.5. The van der Waals surface area contributed by atoms with Crippen LogP contribution < -0.4 is 16.0 Å². The van der Waals surface area contributed by atoms with E-state index in [4.69, 9.17) is 23.2 Å². The summed E-state index contributed by atoms with van der Waals surface area (Å²) in [6.45, 7) is 9.75. The van der Waals surface area contributed by atoms with Gasteiger partial charge in [0.25, 0.3) is 0 Å². The van der Waals surface area contributed by atoms with Crippen molar-refractivity contribution in [3.8, 4) is 0 Å². The highest BCUT2D eigenvalue weighted by molar-refractivity contribution is 6.31. The number of hydrogen-bond acceptors (Lipinski definition) is 4. The zero-order valence-corrected chi connectivity index (χ0v) is 22.8. The van der Waals surface area contributed by atoms with Gasteiger partial charge in [-0.3, -0.25) is 9.59 Å². The maximum atomic E-state index is 14.0. The lowest BCUT2D eigenvalue weighted by Crippen LogP contribution is -2.54. The van der Waals surface area contributed by atoms with E-state index in [9.17, 15) is 19.1 Å². The minimum absolute atomic E-state index is 0.0327. The molecule has 1 saturated carbocycles. The highest BCUT2D eigenvalue weighted by atomic mass is 35.5. The highest BCUT2D eigenvalue weighted by Gasteiger charge is 2.65. The molecule has 1 aromatic rings. The van der Waals surface area contributed by atoms with Gasteiger partial charge in [0, 0.05) is 33.7 Å². The summed E-state index contributed by atoms with van der Waals surface area (Å²) in [5, 5.41) is 19.8. The van der Waals surface area contributed by atoms with E-state index in [0.717, 1.165) is 5.56 Å². The van der Waals surface area contributed by atoms with Gasteiger partial charge in [-0.15, -0.1) is 0 Å². The quantitative estimate of drug-likeness (QED) is 0.369. The Morgan fingerprint density at radius 3 is 2.68 bits per heavy atom. The van der Waals surface area contributed by atoms with Gasteiger partial charge in [0.1, 0.15) is 12.1 Å². The van der Waals surface area contributed by atoms with Crippen LogP contribution in [0.5, 0.6) is 0 Å². The first kappa shape index (κ1) is 27.8. The predicted molar refractivity (Wildman–Crippen MR) is 145 cm³/mol. The van der Waals surface area contributed by atoms with Gasteiger partial charge >= 0.3 is 0 Å². The molecule has 1 aromatic carbocycles. The van der Waals surface area contributed by atoms with Crippen molar-refractivity contribution < 1.29 is 19.1 Å². The van der Waals surface area contributed by atoms with Crippen LogP contribution in [0.25, 0.3) is 0 Å². The fourth-order valence-corrected chi connectivity index (χ4v) is 6.14. The third-order valence-electron chi connectivity index (χ3n) is 7.48. The van der Waals surface area contributed by atoms with Crippen molar-refractivity contribution in [2.75, 3.05) is 12.0 Å². The van der Waals surface area contributed by atoms with Crippen LogP contribution >= 0.6 is 23.2 Å². The zero-order valence-electron chi connectivity index (χ0n) is 21.3. The molecule has 37 heavy (non-hydrogen) atoms. The van der Waals surface area contributed by atoms with E-state index in [-0.39, 0.29) is 28.3 Å². The van der Waals surface area contributed by atoms with Crippen LogP contribution in [-0.2, 0) is 15.0 Å². The molecule has 6 nitrogen and oxygen atoms in total. The fraction of sp³-hybridized carbons (Fsp3) is 0.500. The standard InChI is InChI=1S/C28H34Cl2FN3O3/c1-15(6-5-7-17(30)14-31)23-24(25(36)32-18-11-19(35)12-18)34-22(13-27(2,3)4)28(23)20-9-8-16(29)10-21(20)33-26(28)37/h5-10,18-19,22-24,34-35H,1,11-14H2,2-4H3,(H,32,36)(H,33,37)/b6-5-,17-7+/t18?,19?,22-,23+,24-,28+/m1/s1. The predicted octanol–water partition coefficient (Wildman–Crippen LogP) is 4.77. The number of nitrogens with one attached hydrogen (secondary N) is 3. The van der Waals surface area contributed by atoms with Crippen LogP contribution in [0.3, 0.4) is 0 Å². The second kappa shape index (κ2) is 10.5. The molecular formula is C28H34Cl2FN3O3. The number of anilines is 1. The molecule has 3 aliphatic rings. The van der Waals surface area contributed by atoms with Gasteiger partial charge in [-0.1, -0.05) is 68.8 Å². The second-order valence-electron chi connectivity index (χ2n) is 11.5. The summed E-state index contributed by atoms with van der Waals surface area (Å²) in [5.41, 5.74) is 0.611. The molecule has 2 heterocycles. The van der Waals surface area contributed by atoms with Gasteiger partial charge in [-0.25, -0.2) is 4.39 Å². The normalized spacial score (nSPS) is 31.4. The Kier molecular flexibility index (Phi) is 7.92. The van der Waals surface area contributed by atoms with E-state index in [1.165, 1.54) is 6.08 Å². The lowest BCUT2D eigenvalue weighted by atomic mass is 9.62. The van der Waals surface area contributed by atoms with E-state index in [1.54, 1.807) is 24.3 Å². The first-order chi connectivity index (χ1) is 17.4. The van der Waals surface area contributed by atoms with Crippen molar-refractivity contribution in [1.82, 2.24) is 10.6 Å². The lowest BCUT2D eigenvalue weighted by Gasteiger charge is -2.38. The molecule has 1 aliphatic carbocycles. The molecule has 9 heteroatoms. The molecule has 0 radical (unpaired) electrons. The summed E-state index contributed by atoms with van der Waals surface area (Å²) in [7, 11) is 0. The third-order valence-corrected chi connectivity index (χ3v) is 7.94. The summed E-state index contributed by atoms with van der Waals surface area (Å²) in [5.74, 6) is -1.13. The average Bonchev–Trinajstić information content (AvgIpc) is 3.26. The van der Waals surface area contributed by atoms with Gasteiger partial charge in [0.15, 0.2) is 0 Å². The van der Waals surface area contributed by atoms with Crippen LogP contribution in [0, 0.1) is 11.3 Å². The molecular weight excluding hydrogens is 516 g/mol. The van der Waals surface area contributed by atoms with Gasteiger partial charge in [-0.05, 0) is 54.0 Å². The fourth-order valence-electron chi connectivity index (χ4n) is 5.89. The number of allylic oxidation sites excluding steroid dienone is 4. The molecule has 1 saturated heterocycles. The number of fused-ring (bicyclic) bond motifs is 2. The summed E-state index contributed by atoms with van der Waals surface area (Å²) >= 11 is 12.1. The molecule has 2 fully saturated rings. The molecule has 200 valence electrons. The Labute approximate surface area is 227 Å². The van der Waals surface area contributed by atoms with Crippen LogP contribution in [0.4, 0.5) is 10.1 Å². The molecule has 4 rings (SSSR count). The smallest absolute Gasteiger partial charge is 0.238 e. The third kappa shape index (κ3) is 5.37. The number of halogens is 3. The van der Waals surface area contributed by atoms with Crippen LogP contribution in [-0.4, -0.2) is 47.8 Å². The van der Waals surface area contributed by atoms with Crippen molar-refractivity contribution in [1.29, 1.82) is 0 Å². The van der Waals surface area contributed by atoms with E-state index < -0.39 is 36.2 Å². The largest absolute Gasteiger partial charge is 0.393 e. The number of aliphatic hydroxyl groups excluding tert-OH is 1. The topological polar surface area (TPSA) is 90.5 Å². The number of rotatable bonds is 7. The summed E-state index contributed by atoms with van der Waals surface area (Å²) < 4.78 is 12.9. The van der Waals surface area contributed by atoms with Crippen molar-refractivity contribution >= 4 is 40.7 Å². The summed E-state index contributed by atoms with van der Waals surface area (Å²) in [4.78, 5) is 27.7. The van der Waals surface area contributed by atoms with Gasteiger partial charge in [-0.2, -0.15) is 0 Å². The van der Waals surface area contributed by atoms with Crippen molar-refractivity contribution in [2.45, 2.75) is 69.7 Å². The van der Waals surface area contributed by atoms with E-state index in [0.29, 0.717) is 35.5 Å². The molecule has 0 bridgehead atoms. The van der Waals surface area contributed by atoms with E-state index >= 15 is 0 Å². The average molecular weight is 551 g/mol. The summed E-state index contributed by atoms with van der Waals surface area (Å²) in [6, 6.07) is 4.04. The Morgan fingerprint density at radius 1 is 1.35 bits per heavy atom. The van der Waals surface area contributed by atoms with Gasteiger partial charge < -0.3 is 21.1 Å². The van der Waals surface area contributed by atoms with Crippen molar-refractivity contribution in [2.24, 2.45) is 11.3 Å². The number of benzene rings is 1. The highest BCUT2D eigenvalue weighted by Crippen LogP contribution is 2.55. The van der Waals surface area contributed by atoms with E-state index in [2.05, 4.69) is 43.3 Å². The number of alkyl halides is 1. The molecule has 2 aliphatic heterocycles. The maximum Gasteiger partial charge on any atom is 0.238 e. The van der Waals surface area contributed by atoms with Crippen LogP contribution in [0.2, 0.25) is 5.02 Å². The Morgan fingerprint density at radius 2 is 2.05 bits per heavy atom. The monoisotopic (exact) mass is 549 g/mol. The maximum absolute atomic E-state index is 14.0. The SMILES string of the molecule is C=C(/C=C\C=C(\Cl)CF)[C@H]1[C@H](C(=O)NC2CC(O)C2)N[C@H](CC(C)(C)C)[C@]12C(=O)Nc1cc(Cl)ccc12. The Hall–Kier alpha value is -2.19. The van der Waals surface area contributed by atoms with E-state index in [1.807, 2.05) is 6.07 Å². The number of hydrogen-bond donors (Lipinski definition) is 4. The zero-order chi connectivity index (χ0) is 27.1. The van der Waals surface area contributed by atoms with Crippen molar-refractivity contribution in [3.05, 3.63) is 64.2 Å². The Balaban J connectivity index is 1.83. The lowest BCUT2D eigenvalue weighted by molar-refractivity contribution is -0.126. The molecule has 4 atom stereocenters. The molecule has 0 aromatic heterocycles. The first-order valence-corrected chi connectivity index (χ1v) is 13.3. The second-order valence-corrected chi connectivity index (χ2v) is 12.4. The number of aliphatic hydroxyl groups is 1. The Bertz CT molecular complexity index is 1160. The molecule has 0 unspecified atom stereocenters. The minimum Gasteiger partial charge on any atom is -0.393 e. The minimum atomic E-state index is -1.14.